The van der Waals surface area contributed by atoms with Crippen molar-refractivity contribution in [2.24, 2.45) is 0 Å². The Kier molecular flexibility index (Phi) is 6.53. The van der Waals surface area contributed by atoms with E-state index in [9.17, 15) is 18.0 Å². The van der Waals surface area contributed by atoms with Crippen molar-refractivity contribution in [1.29, 1.82) is 0 Å². The molecule has 8 nitrogen and oxygen atoms in total. The molecule has 2 rings (SSSR count). The summed E-state index contributed by atoms with van der Waals surface area (Å²) < 4.78 is 36.6. The zero-order valence-corrected chi connectivity index (χ0v) is 15.2. The Morgan fingerprint density at radius 2 is 1.88 bits per heavy atom. The molecule has 0 aliphatic heterocycles. The first-order chi connectivity index (χ1) is 12.3. The van der Waals surface area contributed by atoms with Gasteiger partial charge in [0, 0.05) is 7.05 Å². The van der Waals surface area contributed by atoms with Crippen LogP contribution in [-0.4, -0.2) is 44.9 Å². The molecule has 1 aromatic carbocycles. The fraction of sp³-hybridized carbons (Fsp3) is 0.294. The molecule has 1 atom stereocenters. The van der Waals surface area contributed by atoms with Crippen LogP contribution in [0.15, 0.2) is 58.0 Å². The van der Waals surface area contributed by atoms with E-state index in [1.54, 1.807) is 37.4 Å². The Balaban J connectivity index is 1.84. The van der Waals surface area contributed by atoms with Crippen LogP contribution in [0.5, 0.6) is 0 Å². The van der Waals surface area contributed by atoms with Crippen molar-refractivity contribution in [3.63, 3.8) is 0 Å². The smallest absolute Gasteiger partial charge is 0.324 e. The minimum Gasteiger partial charge on any atom is -0.467 e. The lowest BCUT2D eigenvalue weighted by Gasteiger charge is -2.17. The minimum absolute atomic E-state index is 0.0360. The molecule has 2 aromatic rings. The van der Waals surface area contributed by atoms with Gasteiger partial charge >= 0.3 is 5.97 Å². The summed E-state index contributed by atoms with van der Waals surface area (Å²) in [6.07, 6.45) is 1.49. The predicted molar refractivity (Wildman–Crippen MR) is 92.4 cm³/mol. The number of ether oxygens (including phenoxy) is 1. The number of hydrogen-bond donors (Lipinski definition) is 1. The third-order valence-corrected chi connectivity index (χ3v) is 5.03. The Morgan fingerprint density at radius 3 is 2.50 bits per heavy atom. The van der Waals surface area contributed by atoms with E-state index in [1.807, 2.05) is 0 Å². The van der Waals surface area contributed by atoms with Gasteiger partial charge in [0.25, 0.3) is 5.91 Å². The van der Waals surface area contributed by atoms with Crippen molar-refractivity contribution >= 4 is 21.9 Å². The molecule has 1 amide bonds. The molecule has 140 valence electrons. The van der Waals surface area contributed by atoms with E-state index >= 15 is 0 Å². The molecule has 0 fully saturated rings. The summed E-state index contributed by atoms with van der Waals surface area (Å²) in [4.78, 5) is 25.3. The molecule has 0 aliphatic carbocycles. The molecule has 0 bridgehead atoms. The van der Waals surface area contributed by atoms with Crippen LogP contribution in [0.3, 0.4) is 0 Å². The number of amides is 1. The quantitative estimate of drug-likeness (QED) is 0.689. The first-order valence-electron chi connectivity index (χ1n) is 7.80. The van der Waals surface area contributed by atoms with E-state index in [4.69, 9.17) is 9.15 Å². The second kappa shape index (κ2) is 8.63. The molecule has 0 saturated carbocycles. The van der Waals surface area contributed by atoms with Gasteiger partial charge in [0.05, 0.1) is 17.7 Å². The molecule has 26 heavy (non-hydrogen) atoms. The van der Waals surface area contributed by atoms with E-state index in [-0.39, 0.29) is 11.4 Å². The van der Waals surface area contributed by atoms with Crippen LogP contribution in [-0.2, 0) is 30.9 Å². The Labute approximate surface area is 151 Å². The highest BCUT2D eigenvalue weighted by molar-refractivity contribution is 7.89. The molecule has 1 unspecified atom stereocenters. The number of furan rings is 1. The lowest BCUT2D eigenvalue weighted by molar-refractivity contribution is -0.152. The number of hydrogen-bond acceptors (Lipinski definition) is 6. The average Bonchev–Trinajstić information content (AvgIpc) is 3.12. The highest BCUT2D eigenvalue weighted by Crippen LogP contribution is 2.08. The summed E-state index contributed by atoms with van der Waals surface area (Å²) in [7, 11) is -2.31. The molecule has 1 heterocycles. The predicted octanol–water partition coefficient (Wildman–Crippen LogP) is 1.15. The molecular weight excluding hydrogens is 360 g/mol. The van der Waals surface area contributed by atoms with Crippen molar-refractivity contribution in [3.05, 3.63) is 54.5 Å². The van der Waals surface area contributed by atoms with Crippen LogP contribution in [0.2, 0.25) is 0 Å². The third-order valence-electron chi connectivity index (χ3n) is 3.48. The number of esters is 1. The second-order valence-electron chi connectivity index (χ2n) is 5.59. The van der Waals surface area contributed by atoms with E-state index in [2.05, 4.69) is 4.72 Å². The first-order valence-corrected chi connectivity index (χ1v) is 9.28. The standard InChI is InChI=1S/C17H20N2O6S/c1-13(18-26(22,23)15-8-4-3-5-9-15)17(21)25-12-16(20)19(2)11-14-7-6-10-24-14/h3-10,13,18H,11-12H2,1-2H3. The Bertz CT molecular complexity index is 833. The highest BCUT2D eigenvalue weighted by Gasteiger charge is 2.24. The van der Waals surface area contributed by atoms with E-state index < -0.39 is 34.5 Å². The van der Waals surface area contributed by atoms with Crippen molar-refractivity contribution < 1.29 is 27.2 Å². The molecule has 0 aliphatic rings. The Hall–Kier alpha value is -2.65. The molecule has 0 radical (unpaired) electrons. The number of benzene rings is 1. The zero-order valence-electron chi connectivity index (χ0n) is 14.4. The molecule has 1 aromatic heterocycles. The van der Waals surface area contributed by atoms with Crippen LogP contribution in [0.25, 0.3) is 0 Å². The number of likely N-dealkylation sites (N-methyl/N-ethyl adjacent to an activating group) is 1. The van der Waals surface area contributed by atoms with Gasteiger partial charge in [0.15, 0.2) is 6.61 Å². The van der Waals surface area contributed by atoms with Crippen LogP contribution >= 0.6 is 0 Å². The van der Waals surface area contributed by atoms with Crippen LogP contribution in [0, 0.1) is 0 Å². The number of nitrogens with one attached hydrogen (secondary N) is 1. The first kappa shape index (κ1) is 19.7. The number of rotatable bonds is 8. The van der Waals surface area contributed by atoms with Crippen LogP contribution < -0.4 is 4.72 Å². The molecule has 1 N–H and O–H groups in total. The van der Waals surface area contributed by atoms with Crippen LogP contribution in [0.1, 0.15) is 12.7 Å². The number of carbonyl (C=O) groups is 2. The average molecular weight is 380 g/mol. The number of nitrogens with zero attached hydrogens (tertiary/aromatic N) is 1. The normalized spacial score (nSPS) is 12.4. The van der Waals surface area contributed by atoms with Crippen molar-refractivity contribution in [2.45, 2.75) is 24.4 Å². The van der Waals surface area contributed by atoms with Gasteiger partial charge < -0.3 is 14.1 Å². The molecule has 0 spiro atoms. The largest absolute Gasteiger partial charge is 0.467 e. The van der Waals surface area contributed by atoms with Crippen molar-refractivity contribution in [2.75, 3.05) is 13.7 Å². The fourth-order valence-corrected chi connectivity index (χ4v) is 3.25. The van der Waals surface area contributed by atoms with Gasteiger partial charge in [-0.2, -0.15) is 4.72 Å². The molecule has 0 saturated heterocycles. The SMILES string of the molecule is CC(NS(=O)(=O)c1ccccc1)C(=O)OCC(=O)N(C)Cc1ccco1. The monoisotopic (exact) mass is 380 g/mol. The fourth-order valence-electron chi connectivity index (χ4n) is 2.04. The third kappa shape index (κ3) is 5.43. The van der Waals surface area contributed by atoms with Gasteiger partial charge in [-0.1, -0.05) is 18.2 Å². The summed E-state index contributed by atoms with van der Waals surface area (Å²) in [5.41, 5.74) is 0. The van der Waals surface area contributed by atoms with Gasteiger partial charge in [0.1, 0.15) is 11.8 Å². The van der Waals surface area contributed by atoms with E-state index in [0.717, 1.165) is 0 Å². The second-order valence-corrected chi connectivity index (χ2v) is 7.31. The van der Waals surface area contributed by atoms with Crippen molar-refractivity contribution in [1.82, 2.24) is 9.62 Å². The summed E-state index contributed by atoms with van der Waals surface area (Å²) >= 11 is 0. The van der Waals surface area contributed by atoms with Gasteiger partial charge in [-0.05, 0) is 31.2 Å². The van der Waals surface area contributed by atoms with E-state index in [0.29, 0.717) is 5.76 Å². The number of carbonyl (C=O) groups excluding carboxylic acids is 2. The maximum Gasteiger partial charge on any atom is 0.324 e. The summed E-state index contributed by atoms with van der Waals surface area (Å²) in [5, 5.41) is 0. The summed E-state index contributed by atoms with van der Waals surface area (Å²) in [5.74, 6) is -0.687. The van der Waals surface area contributed by atoms with Gasteiger partial charge in [0.2, 0.25) is 10.0 Å². The van der Waals surface area contributed by atoms with Crippen LogP contribution in [0.4, 0.5) is 0 Å². The van der Waals surface area contributed by atoms with E-state index in [1.165, 1.54) is 30.2 Å². The topological polar surface area (TPSA) is 106 Å². The molecular formula is C17H20N2O6S. The molecule has 9 heteroatoms. The lowest BCUT2D eigenvalue weighted by atomic mass is 10.4. The maximum absolute atomic E-state index is 12.2. The highest BCUT2D eigenvalue weighted by atomic mass is 32.2. The maximum atomic E-state index is 12.2. The zero-order chi connectivity index (χ0) is 19.2. The Morgan fingerprint density at radius 1 is 1.19 bits per heavy atom. The van der Waals surface area contributed by atoms with Gasteiger partial charge in [-0.25, -0.2) is 8.42 Å². The number of sulfonamides is 1. The summed E-state index contributed by atoms with van der Waals surface area (Å²) in [6, 6.07) is 9.94. The van der Waals surface area contributed by atoms with Gasteiger partial charge in [-0.3, -0.25) is 9.59 Å². The minimum atomic E-state index is -3.85. The van der Waals surface area contributed by atoms with Gasteiger partial charge in [-0.15, -0.1) is 0 Å². The summed E-state index contributed by atoms with van der Waals surface area (Å²) in [6.45, 7) is 1.09. The lowest BCUT2D eigenvalue weighted by Crippen LogP contribution is -2.41. The van der Waals surface area contributed by atoms with Crippen molar-refractivity contribution in [3.8, 4) is 0 Å².